The summed E-state index contributed by atoms with van der Waals surface area (Å²) in [5.41, 5.74) is 1.46. The maximum Gasteiger partial charge on any atom is 0.0934 e. The minimum atomic E-state index is 0.535. The third-order valence-electron chi connectivity index (χ3n) is 3.18. The molecule has 0 aromatic carbocycles. The van der Waals surface area contributed by atoms with E-state index in [-0.39, 0.29) is 0 Å². The van der Waals surface area contributed by atoms with Gasteiger partial charge in [0.1, 0.15) is 0 Å². The Morgan fingerprint density at radius 2 is 2.47 bits per heavy atom. The summed E-state index contributed by atoms with van der Waals surface area (Å²) in [6.45, 7) is 4.48. The number of aryl methyl sites for hydroxylation is 1. The van der Waals surface area contributed by atoms with E-state index in [4.69, 9.17) is 11.6 Å². The minimum absolute atomic E-state index is 0.535. The van der Waals surface area contributed by atoms with Crippen molar-refractivity contribution in [1.29, 1.82) is 0 Å². The number of fused-ring (bicyclic) bond motifs is 1. The lowest BCUT2D eigenvalue weighted by atomic mass is 9.93. The minimum Gasteiger partial charge on any atom is -0.307 e. The Kier molecular flexibility index (Phi) is 3.70. The van der Waals surface area contributed by atoms with Crippen LogP contribution in [0.5, 0.6) is 0 Å². The molecule has 0 bridgehead atoms. The van der Waals surface area contributed by atoms with E-state index in [9.17, 15) is 0 Å². The van der Waals surface area contributed by atoms with Gasteiger partial charge in [0, 0.05) is 17.0 Å². The maximum absolute atomic E-state index is 6.08. The van der Waals surface area contributed by atoms with Gasteiger partial charge in [-0.15, -0.1) is 11.3 Å². The van der Waals surface area contributed by atoms with Crippen LogP contribution in [0.2, 0.25) is 4.34 Å². The van der Waals surface area contributed by atoms with E-state index in [2.05, 4.69) is 25.2 Å². The normalized spacial score (nSPS) is 22.5. The number of halogens is 1. The fourth-order valence-electron chi connectivity index (χ4n) is 2.16. The third kappa shape index (κ3) is 2.55. The van der Waals surface area contributed by atoms with Gasteiger partial charge in [-0.1, -0.05) is 18.5 Å². The van der Waals surface area contributed by atoms with Gasteiger partial charge in [0.25, 0.3) is 0 Å². The standard InChI is InChI=1S/C12H18ClNS/c1-3-8(2)14-10-5-4-6-11-9(10)7-12(13)15-11/h7-8,10,14H,3-6H2,1-2H3. The molecule has 1 heterocycles. The van der Waals surface area contributed by atoms with Gasteiger partial charge in [0.2, 0.25) is 0 Å². The van der Waals surface area contributed by atoms with E-state index in [0.717, 1.165) is 4.34 Å². The predicted molar refractivity (Wildman–Crippen MR) is 67.9 cm³/mol. The number of nitrogens with one attached hydrogen (secondary N) is 1. The van der Waals surface area contributed by atoms with Crippen molar-refractivity contribution in [2.45, 2.75) is 51.6 Å². The first-order valence-corrected chi connectivity index (χ1v) is 6.94. The van der Waals surface area contributed by atoms with Gasteiger partial charge >= 0.3 is 0 Å². The zero-order valence-electron chi connectivity index (χ0n) is 9.35. The SMILES string of the molecule is CCC(C)NC1CCCc2sc(Cl)cc21. The Balaban J connectivity index is 2.14. The molecule has 0 fully saturated rings. The quantitative estimate of drug-likeness (QED) is 0.841. The summed E-state index contributed by atoms with van der Waals surface area (Å²) in [6, 6.07) is 3.29. The van der Waals surface area contributed by atoms with Crippen LogP contribution in [0.25, 0.3) is 0 Å². The van der Waals surface area contributed by atoms with Crippen molar-refractivity contribution < 1.29 is 0 Å². The lowest BCUT2D eigenvalue weighted by Crippen LogP contribution is -2.31. The van der Waals surface area contributed by atoms with Crippen LogP contribution in [-0.4, -0.2) is 6.04 Å². The Labute approximate surface area is 101 Å². The molecule has 0 spiro atoms. The summed E-state index contributed by atoms with van der Waals surface area (Å²) in [5.74, 6) is 0. The highest BCUT2D eigenvalue weighted by molar-refractivity contribution is 7.16. The van der Waals surface area contributed by atoms with Gasteiger partial charge in [0.05, 0.1) is 4.34 Å². The van der Waals surface area contributed by atoms with Crippen molar-refractivity contribution in [3.8, 4) is 0 Å². The first kappa shape index (κ1) is 11.4. The van der Waals surface area contributed by atoms with Crippen molar-refractivity contribution in [3.63, 3.8) is 0 Å². The Morgan fingerprint density at radius 1 is 1.67 bits per heavy atom. The van der Waals surface area contributed by atoms with Gasteiger partial charge in [-0.2, -0.15) is 0 Å². The largest absolute Gasteiger partial charge is 0.307 e. The first-order chi connectivity index (χ1) is 7.20. The molecular formula is C12H18ClNS. The van der Waals surface area contributed by atoms with E-state index in [1.807, 2.05) is 0 Å². The average molecular weight is 244 g/mol. The molecule has 0 aliphatic heterocycles. The summed E-state index contributed by atoms with van der Waals surface area (Å²) in [6.07, 6.45) is 4.94. The van der Waals surface area contributed by atoms with Crippen LogP contribution in [0.3, 0.4) is 0 Å². The van der Waals surface area contributed by atoms with Gasteiger partial charge in [0.15, 0.2) is 0 Å². The summed E-state index contributed by atoms with van der Waals surface area (Å²) < 4.78 is 0.942. The van der Waals surface area contributed by atoms with Crippen LogP contribution in [-0.2, 0) is 6.42 Å². The highest BCUT2D eigenvalue weighted by atomic mass is 35.5. The summed E-state index contributed by atoms with van der Waals surface area (Å²) in [4.78, 5) is 1.49. The second-order valence-corrected chi connectivity index (χ2v) is 6.12. The van der Waals surface area contributed by atoms with Crippen molar-refractivity contribution in [2.75, 3.05) is 0 Å². The summed E-state index contributed by atoms with van der Waals surface area (Å²) >= 11 is 7.83. The molecule has 1 aromatic heterocycles. The topological polar surface area (TPSA) is 12.0 Å². The Morgan fingerprint density at radius 3 is 3.20 bits per heavy atom. The van der Waals surface area contributed by atoms with Crippen molar-refractivity contribution in [2.24, 2.45) is 0 Å². The molecule has 0 radical (unpaired) electrons. The molecule has 0 saturated carbocycles. The predicted octanol–water partition coefficient (Wildman–Crippen LogP) is 4.17. The summed E-state index contributed by atoms with van der Waals surface area (Å²) in [5, 5.41) is 3.69. The van der Waals surface area contributed by atoms with E-state index >= 15 is 0 Å². The van der Waals surface area contributed by atoms with Crippen LogP contribution in [0.15, 0.2) is 6.07 Å². The number of hydrogen-bond donors (Lipinski definition) is 1. The van der Waals surface area contributed by atoms with Crippen LogP contribution < -0.4 is 5.32 Å². The molecule has 84 valence electrons. The number of thiophene rings is 1. The Hall–Kier alpha value is -0.0500. The van der Waals surface area contributed by atoms with E-state index in [1.165, 1.54) is 36.1 Å². The molecule has 1 aliphatic carbocycles. The molecule has 2 atom stereocenters. The molecule has 15 heavy (non-hydrogen) atoms. The molecule has 1 aliphatic rings. The lowest BCUT2D eigenvalue weighted by molar-refractivity contribution is 0.405. The zero-order valence-corrected chi connectivity index (χ0v) is 10.9. The molecule has 2 unspecified atom stereocenters. The maximum atomic E-state index is 6.08. The Bertz CT molecular complexity index is 334. The number of hydrogen-bond acceptors (Lipinski definition) is 2. The van der Waals surface area contributed by atoms with Crippen LogP contribution >= 0.6 is 22.9 Å². The molecular weight excluding hydrogens is 226 g/mol. The molecule has 2 rings (SSSR count). The first-order valence-electron chi connectivity index (χ1n) is 5.75. The van der Waals surface area contributed by atoms with Crippen LogP contribution in [0, 0.1) is 0 Å². The van der Waals surface area contributed by atoms with Crippen LogP contribution in [0.4, 0.5) is 0 Å². The van der Waals surface area contributed by atoms with Gasteiger partial charge in [-0.25, -0.2) is 0 Å². The van der Waals surface area contributed by atoms with Crippen molar-refractivity contribution in [1.82, 2.24) is 5.32 Å². The molecule has 3 heteroatoms. The molecule has 0 saturated heterocycles. The lowest BCUT2D eigenvalue weighted by Gasteiger charge is -2.26. The average Bonchev–Trinajstić information content (AvgIpc) is 2.59. The smallest absolute Gasteiger partial charge is 0.0934 e. The van der Waals surface area contributed by atoms with Crippen molar-refractivity contribution >= 4 is 22.9 Å². The third-order valence-corrected chi connectivity index (χ3v) is 4.52. The van der Waals surface area contributed by atoms with Gasteiger partial charge in [-0.3, -0.25) is 0 Å². The molecule has 1 nitrogen and oxygen atoms in total. The van der Waals surface area contributed by atoms with Crippen LogP contribution in [0.1, 0.15) is 49.6 Å². The van der Waals surface area contributed by atoms with Gasteiger partial charge < -0.3 is 5.32 Å². The van der Waals surface area contributed by atoms with E-state index in [1.54, 1.807) is 11.3 Å². The fourth-order valence-corrected chi connectivity index (χ4v) is 3.54. The zero-order chi connectivity index (χ0) is 10.8. The van der Waals surface area contributed by atoms with E-state index < -0.39 is 0 Å². The molecule has 1 aromatic rings. The second-order valence-electron chi connectivity index (χ2n) is 4.35. The fraction of sp³-hybridized carbons (Fsp3) is 0.667. The highest BCUT2D eigenvalue weighted by Gasteiger charge is 2.23. The van der Waals surface area contributed by atoms with Crippen molar-refractivity contribution in [3.05, 3.63) is 20.8 Å². The molecule has 0 amide bonds. The van der Waals surface area contributed by atoms with Gasteiger partial charge in [-0.05, 0) is 44.2 Å². The summed E-state index contributed by atoms with van der Waals surface area (Å²) in [7, 11) is 0. The number of rotatable bonds is 3. The van der Waals surface area contributed by atoms with E-state index in [0.29, 0.717) is 12.1 Å². The monoisotopic (exact) mass is 243 g/mol. The second kappa shape index (κ2) is 4.86. The highest BCUT2D eigenvalue weighted by Crippen LogP contribution is 2.37. The molecule has 1 N–H and O–H groups in total.